The molecule has 0 saturated carbocycles. The van der Waals surface area contributed by atoms with Crippen LogP contribution in [0.25, 0.3) is 0 Å². The van der Waals surface area contributed by atoms with Crippen LogP contribution in [0.5, 0.6) is 5.75 Å². The SMILES string of the molecule is Cc1ccc(C(C)NC(C)C2CCOCC2)c(O)c1. The van der Waals surface area contributed by atoms with Crippen molar-refractivity contribution in [1.82, 2.24) is 5.32 Å². The van der Waals surface area contributed by atoms with Gasteiger partial charge in [-0.2, -0.15) is 0 Å². The average Bonchev–Trinajstić information content (AvgIpc) is 2.39. The molecule has 0 spiro atoms. The van der Waals surface area contributed by atoms with Crippen LogP contribution in [0.15, 0.2) is 18.2 Å². The van der Waals surface area contributed by atoms with Crippen molar-refractivity contribution in [3.63, 3.8) is 0 Å². The number of phenols is 1. The highest BCUT2D eigenvalue weighted by atomic mass is 16.5. The van der Waals surface area contributed by atoms with Gasteiger partial charge in [0.25, 0.3) is 0 Å². The minimum Gasteiger partial charge on any atom is -0.508 e. The Balaban J connectivity index is 1.97. The number of ether oxygens (including phenoxy) is 1. The largest absolute Gasteiger partial charge is 0.508 e. The van der Waals surface area contributed by atoms with Crippen LogP contribution in [0, 0.1) is 12.8 Å². The molecule has 3 heteroatoms. The molecule has 19 heavy (non-hydrogen) atoms. The molecule has 0 amide bonds. The first-order valence-electron chi connectivity index (χ1n) is 7.21. The maximum atomic E-state index is 10.0. The molecule has 0 bridgehead atoms. The third kappa shape index (κ3) is 3.71. The Hall–Kier alpha value is -1.06. The van der Waals surface area contributed by atoms with E-state index in [0.717, 1.165) is 37.2 Å². The van der Waals surface area contributed by atoms with Crippen molar-refractivity contribution >= 4 is 0 Å². The number of benzene rings is 1. The fourth-order valence-corrected chi connectivity index (χ4v) is 2.86. The zero-order valence-electron chi connectivity index (χ0n) is 12.1. The predicted molar refractivity (Wildman–Crippen MR) is 77.4 cm³/mol. The Morgan fingerprint density at radius 2 is 1.95 bits per heavy atom. The number of phenolic OH excluding ortho intramolecular Hbond substituents is 1. The van der Waals surface area contributed by atoms with Gasteiger partial charge in [-0.3, -0.25) is 0 Å². The van der Waals surface area contributed by atoms with Crippen LogP contribution in [0.2, 0.25) is 0 Å². The lowest BCUT2D eigenvalue weighted by Crippen LogP contribution is -2.38. The van der Waals surface area contributed by atoms with E-state index in [4.69, 9.17) is 4.74 Å². The van der Waals surface area contributed by atoms with Gasteiger partial charge in [0.1, 0.15) is 5.75 Å². The monoisotopic (exact) mass is 263 g/mol. The number of nitrogens with one attached hydrogen (secondary N) is 1. The van der Waals surface area contributed by atoms with Gasteiger partial charge in [0.15, 0.2) is 0 Å². The van der Waals surface area contributed by atoms with Crippen LogP contribution >= 0.6 is 0 Å². The van der Waals surface area contributed by atoms with Gasteiger partial charge in [-0.1, -0.05) is 12.1 Å². The lowest BCUT2D eigenvalue weighted by Gasteiger charge is -2.31. The van der Waals surface area contributed by atoms with Gasteiger partial charge in [0, 0.05) is 30.9 Å². The molecule has 0 aliphatic carbocycles. The molecule has 0 radical (unpaired) electrons. The standard InChI is InChI=1S/C16H25NO2/c1-11-4-5-15(16(18)10-11)13(3)17-12(2)14-6-8-19-9-7-14/h4-5,10,12-14,17-18H,6-9H2,1-3H3. The highest BCUT2D eigenvalue weighted by Gasteiger charge is 2.22. The van der Waals surface area contributed by atoms with Crippen molar-refractivity contribution in [2.45, 2.75) is 45.7 Å². The summed E-state index contributed by atoms with van der Waals surface area (Å²) in [7, 11) is 0. The minimum absolute atomic E-state index is 0.165. The first-order valence-corrected chi connectivity index (χ1v) is 7.21. The highest BCUT2D eigenvalue weighted by Crippen LogP contribution is 2.27. The van der Waals surface area contributed by atoms with E-state index in [1.165, 1.54) is 0 Å². The third-order valence-corrected chi connectivity index (χ3v) is 4.14. The quantitative estimate of drug-likeness (QED) is 0.876. The Labute approximate surface area is 116 Å². The third-order valence-electron chi connectivity index (χ3n) is 4.14. The van der Waals surface area contributed by atoms with Crippen LogP contribution in [-0.2, 0) is 4.74 Å². The molecule has 1 heterocycles. The summed E-state index contributed by atoms with van der Waals surface area (Å²) in [6.45, 7) is 8.09. The average molecular weight is 263 g/mol. The molecule has 1 aliphatic rings. The van der Waals surface area contributed by atoms with Gasteiger partial charge < -0.3 is 15.2 Å². The Morgan fingerprint density at radius 3 is 2.58 bits per heavy atom. The molecule has 1 aromatic rings. The lowest BCUT2D eigenvalue weighted by atomic mass is 9.92. The van der Waals surface area contributed by atoms with Gasteiger partial charge in [0.2, 0.25) is 0 Å². The van der Waals surface area contributed by atoms with E-state index in [9.17, 15) is 5.11 Å². The fourth-order valence-electron chi connectivity index (χ4n) is 2.86. The highest BCUT2D eigenvalue weighted by molar-refractivity contribution is 5.37. The van der Waals surface area contributed by atoms with E-state index >= 15 is 0 Å². The van der Waals surface area contributed by atoms with Crippen LogP contribution < -0.4 is 5.32 Å². The molecule has 1 saturated heterocycles. The second-order valence-corrected chi connectivity index (χ2v) is 5.69. The summed E-state index contributed by atoms with van der Waals surface area (Å²) < 4.78 is 5.40. The molecular weight excluding hydrogens is 238 g/mol. The zero-order chi connectivity index (χ0) is 13.8. The van der Waals surface area contributed by atoms with E-state index in [1.54, 1.807) is 0 Å². The molecule has 2 rings (SSSR count). The van der Waals surface area contributed by atoms with E-state index in [0.29, 0.717) is 17.7 Å². The molecular formula is C16H25NO2. The molecule has 1 fully saturated rings. The summed E-state index contributed by atoms with van der Waals surface area (Å²) >= 11 is 0. The van der Waals surface area contributed by atoms with E-state index < -0.39 is 0 Å². The van der Waals surface area contributed by atoms with Gasteiger partial charge >= 0.3 is 0 Å². The molecule has 1 aromatic carbocycles. The van der Waals surface area contributed by atoms with Crippen LogP contribution in [0.3, 0.4) is 0 Å². The van der Waals surface area contributed by atoms with E-state index in [1.807, 2.05) is 25.1 Å². The number of hydrogen-bond donors (Lipinski definition) is 2. The number of hydrogen-bond acceptors (Lipinski definition) is 3. The first-order chi connectivity index (χ1) is 9.08. The maximum Gasteiger partial charge on any atom is 0.120 e. The molecule has 1 aliphatic heterocycles. The van der Waals surface area contributed by atoms with Crippen molar-refractivity contribution < 1.29 is 9.84 Å². The van der Waals surface area contributed by atoms with Crippen molar-refractivity contribution in [3.05, 3.63) is 29.3 Å². The molecule has 2 unspecified atom stereocenters. The maximum absolute atomic E-state index is 10.0. The van der Waals surface area contributed by atoms with E-state index in [2.05, 4.69) is 19.2 Å². The topological polar surface area (TPSA) is 41.5 Å². The Morgan fingerprint density at radius 1 is 1.26 bits per heavy atom. The molecule has 2 atom stereocenters. The van der Waals surface area contributed by atoms with Crippen molar-refractivity contribution in [1.29, 1.82) is 0 Å². The fraction of sp³-hybridized carbons (Fsp3) is 0.625. The van der Waals surface area contributed by atoms with Gasteiger partial charge in [-0.25, -0.2) is 0 Å². The molecule has 3 nitrogen and oxygen atoms in total. The van der Waals surface area contributed by atoms with Gasteiger partial charge in [0.05, 0.1) is 0 Å². The summed E-state index contributed by atoms with van der Waals surface area (Å²) in [6.07, 6.45) is 2.25. The molecule has 2 N–H and O–H groups in total. The van der Waals surface area contributed by atoms with Crippen LogP contribution in [0.4, 0.5) is 0 Å². The summed E-state index contributed by atoms with van der Waals surface area (Å²) in [6, 6.07) is 6.50. The second-order valence-electron chi connectivity index (χ2n) is 5.69. The zero-order valence-corrected chi connectivity index (χ0v) is 12.1. The number of aryl methyl sites for hydroxylation is 1. The lowest BCUT2D eigenvalue weighted by molar-refractivity contribution is 0.0546. The van der Waals surface area contributed by atoms with Gasteiger partial charge in [-0.05, 0) is 51.2 Å². The second kappa shape index (κ2) is 6.40. The summed E-state index contributed by atoms with van der Waals surface area (Å²) in [4.78, 5) is 0. The minimum atomic E-state index is 0.165. The van der Waals surface area contributed by atoms with E-state index in [-0.39, 0.29) is 6.04 Å². The summed E-state index contributed by atoms with van der Waals surface area (Å²) in [5, 5.41) is 13.6. The van der Waals surface area contributed by atoms with Crippen molar-refractivity contribution in [3.8, 4) is 5.75 Å². The smallest absolute Gasteiger partial charge is 0.120 e. The molecule has 0 aromatic heterocycles. The van der Waals surface area contributed by atoms with Gasteiger partial charge in [-0.15, -0.1) is 0 Å². The summed E-state index contributed by atoms with van der Waals surface area (Å²) in [5.41, 5.74) is 2.07. The van der Waals surface area contributed by atoms with Crippen molar-refractivity contribution in [2.24, 2.45) is 5.92 Å². The number of aromatic hydroxyl groups is 1. The predicted octanol–water partition coefficient (Wildman–Crippen LogP) is 3.17. The van der Waals surface area contributed by atoms with Crippen LogP contribution in [0.1, 0.15) is 43.9 Å². The Bertz CT molecular complexity index is 413. The van der Waals surface area contributed by atoms with Crippen LogP contribution in [-0.4, -0.2) is 24.4 Å². The first kappa shape index (κ1) is 14.4. The normalized spacial score (nSPS) is 20.2. The summed E-state index contributed by atoms with van der Waals surface area (Å²) in [5.74, 6) is 1.06. The van der Waals surface area contributed by atoms with Crippen molar-refractivity contribution in [2.75, 3.05) is 13.2 Å². The molecule has 106 valence electrons. The Kier molecular flexibility index (Phi) is 4.83. The number of rotatable bonds is 4.